The van der Waals surface area contributed by atoms with Gasteiger partial charge in [-0.1, -0.05) is 53.6 Å². The molecule has 2 aromatic heterocycles. The third-order valence-corrected chi connectivity index (χ3v) is 9.04. The lowest BCUT2D eigenvalue weighted by molar-refractivity contribution is 0.277. The van der Waals surface area contributed by atoms with Gasteiger partial charge in [0.1, 0.15) is 5.82 Å². The zero-order chi connectivity index (χ0) is 32.8. The van der Waals surface area contributed by atoms with Crippen molar-refractivity contribution in [1.29, 1.82) is 0 Å². The van der Waals surface area contributed by atoms with E-state index in [4.69, 9.17) is 26.6 Å². The molecule has 2 aliphatic heterocycles. The number of ether oxygens (including phenoxy) is 1. The average molecular weight is 670 g/mol. The predicted molar refractivity (Wildman–Crippen MR) is 186 cm³/mol. The summed E-state index contributed by atoms with van der Waals surface area (Å²) in [6.45, 7) is 8.51. The van der Waals surface area contributed by atoms with Gasteiger partial charge in [0.2, 0.25) is 11.9 Å². The highest BCUT2D eigenvalue weighted by atomic mass is 35.5. The van der Waals surface area contributed by atoms with E-state index < -0.39 is 0 Å². The minimum absolute atomic E-state index is 0.0838. The van der Waals surface area contributed by atoms with Crippen molar-refractivity contribution in [2.24, 2.45) is 11.7 Å². The predicted octanol–water partition coefficient (Wildman–Crippen LogP) is 7.22. The second-order valence-corrected chi connectivity index (χ2v) is 13.6. The monoisotopic (exact) mass is 669 g/mol. The Morgan fingerprint density at radius 1 is 1.00 bits per heavy atom. The van der Waals surface area contributed by atoms with E-state index in [-0.39, 0.29) is 16.6 Å². The molecule has 46 heavy (non-hydrogen) atoms. The van der Waals surface area contributed by atoms with Crippen molar-refractivity contribution in [3.05, 3.63) is 89.8 Å². The van der Waals surface area contributed by atoms with Crippen molar-refractivity contribution < 1.29 is 13.7 Å². The molecule has 6 rings (SSSR count). The van der Waals surface area contributed by atoms with Crippen LogP contribution in [0.15, 0.2) is 78.9 Å². The van der Waals surface area contributed by atoms with E-state index in [9.17, 15) is 4.39 Å². The molecular weight excluding hydrogens is 625 g/mol. The first-order chi connectivity index (χ1) is 22.2. The molecule has 2 fully saturated rings. The Morgan fingerprint density at radius 2 is 1.63 bits per heavy atom. The van der Waals surface area contributed by atoms with Gasteiger partial charge in [-0.2, -0.15) is 0 Å². The van der Waals surface area contributed by atoms with E-state index in [2.05, 4.69) is 42.7 Å². The average Bonchev–Trinajstić information content (AvgIpc) is 3.53. The number of piperidine rings is 1. The van der Waals surface area contributed by atoms with Crippen LogP contribution in [0.25, 0.3) is 0 Å². The maximum atomic E-state index is 11.9. The number of nitrogens with zero attached hydrogens (tertiary/aromatic N) is 6. The molecule has 1 aromatic carbocycles. The maximum absolute atomic E-state index is 11.9. The zero-order valence-corrected chi connectivity index (χ0v) is 28.2. The van der Waals surface area contributed by atoms with Crippen molar-refractivity contribution in [3.63, 3.8) is 0 Å². The van der Waals surface area contributed by atoms with E-state index in [0.717, 1.165) is 93.9 Å². The van der Waals surface area contributed by atoms with Crippen molar-refractivity contribution in [2.75, 3.05) is 42.6 Å². The van der Waals surface area contributed by atoms with Crippen LogP contribution < -0.4 is 20.3 Å². The molecule has 4 heterocycles. The van der Waals surface area contributed by atoms with Crippen LogP contribution in [0.5, 0.6) is 5.75 Å². The van der Waals surface area contributed by atoms with Crippen LogP contribution in [0.3, 0.4) is 0 Å². The van der Waals surface area contributed by atoms with E-state index >= 15 is 0 Å². The zero-order valence-electron chi connectivity index (χ0n) is 26.6. The Bertz CT molecular complexity index is 1380. The molecule has 248 valence electrons. The first kappa shape index (κ1) is 35.6. The minimum atomic E-state index is -0.178. The topological polar surface area (TPSA) is 114 Å². The molecule has 0 amide bonds. The molecule has 3 N–H and O–H groups in total. The lowest BCUT2D eigenvalue weighted by atomic mass is 9.92. The molecule has 3 aromatic rings. The van der Waals surface area contributed by atoms with Gasteiger partial charge >= 0.3 is 0 Å². The fourth-order valence-electron chi connectivity index (χ4n) is 5.26. The van der Waals surface area contributed by atoms with E-state index in [0.29, 0.717) is 11.6 Å². The number of halogens is 2. The number of allylic oxidation sites excluding steroid dienone is 3. The van der Waals surface area contributed by atoms with Crippen LogP contribution in [0.2, 0.25) is 5.02 Å². The Kier molecular flexibility index (Phi) is 14.1. The third-order valence-electron chi connectivity index (χ3n) is 8.12. The lowest BCUT2D eigenvalue weighted by Gasteiger charge is -2.31. The second kappa shape index (κ2) is 18.2. The molecule has 12 heteroatoms. The summed E-state index contributed by atoms with van der Waals surface area (Å²) in [6, 6.07) is 8.16. The maximum Gasteiger partial charge on any atom is 0.225 e. The number of rotatable bonds is 8. The van der Waals surface area contributed by atoms with Crippen molar-refractivity contribution >= 4 is 35.5 Å². The summed E-state index contributed by atoms with van der Waals surface area (Å²) in [4.78, 5) is 21.8. The van der Waals surface area contributed by atoms with Gasteiger partial charge in [-0.15, -0.1) is 0 Å². The molecule has 2 unspecified atom stereocenters. The molecule has 0 radical (unpaired) electrons. The number of benzene rings is 1. The standard InChI is InChI=1S/C20H28ClN7O.C8H12OS.C6H5F/c21-16-10-23-19(24-11-16)27-6-3-15(4-7-27)2-1-9-29-18-12-25-20(26-13-18)28-8-5-17(22)14-28;1-7-3-5-8(2,10-9)6-4-7;7-6-4-2-1-3-5-6/h10-13,15,17H,1-9,14,22H2;3-5,9H,6H2,1-2H3;1-5H. The number of hydrogen-bond acceptors (Lipinski definition) is 10. The molecule has 1 aliphatic carbocycles. The van der Waals surface area contributed by atoms with Gasteiger partial charge in [-0.25, -0.2) is 24.3 Å². The van der Waals surface area contributed by atoms with Gasteiger partial charge in [0.25, 0.3) is 0 Å². The SMILES string of the molecule is CC1=CCC(C)(SO)C=C1.Fc1ccccc1.NC1CCN(c2ncc(OCCCC3CCN(c4ncc(Cl)cn4)CC3)cn2)C1. The van der Waals surface area contributed by atoms with Gasteiger partial charge < -0.3 is 24.8 Å². The van der Waals surface area contributed by atoms with E-state index in [1.54, 1.807) is 43.0 Å². The summed E-state index contributed by atoms with van der Waals surface area (Å²) >= 11 is 6.78. The van der Waals surface area contributed by atoms with Crippen molar-refractivity contribution in [1.82, 2.24) is 19.9 Å². The van der Waals surface area contributed by atoms with Gasteiger partial charge in [-0.05, 0) is 82.5 Å². The fraction of sp³-hybridized carbons (Fsp3) is 0.471. The summed E-state index contributed by atoms with van der Waals surface area (Å²) in [7, 11) is 0. The Morgan fingerprint density at radius 3 is 2.17 bits per heavy atom. The third kappa shape index (κ3) is 11.8. The van der Waals surface area contributed by atoms with Gasteiger partial charge in [0.05, 0.1) is 41.2 Å². The summed E-state index contributed by atoms with van der Waals surface area (Å²) in [5.41, 5.74) is 7.23. The Balaban J connectivity index is 0.000000229. The van der Waals surface area contributed by atoms with Gasteiger partial charge in [-0.3, -0.25) is 0 Å². The van der Waals surface area contributed by atoms with Crippen LogP contribution in [0.1, 0.15) is 52.4 Å². The molecule has 0 spiro atoms. The highest BCUT2D eigenvalue weighted by Crippen LogP contribution is 2.31. The Hall–Kier alpha value is -3.25. The molecule has 9 nitrogen and oxygen atoms in total. The van der Waals surface area contributed by atoms with Gasteiger partial charge in [0, 0.05) is 32.2 Å². The van der Waals surface area contributed by atoms with Crippen LogP contribution in [-0.2, 0) is 0 Å². The second-order valence-electron chi connectivity index (χ2n) is 12.0. The highest BCUT2D eigenvalue weighted by Gasteiger charge is 2.23. The van der Waals surface area contributed by atoms with Crippen molar-refractivity contribution in [3.8, 4) is 5.75 Å². The Labute approximate surface area is 281 Å². The van der Waals surface area contributed by atoms with E-state index in [1.165, 1.54) is 24.1 Å². The molecule has 0 bridgehead atoms. The molecule has 2 saturated heterocycles. The quantitative estimate of drug-likeness (QED) is 0.188. The van der Waals surface area contributed by atoms with Crippen LogP contribution in [0, 0.1) is 11.7 Å². The first-order valence-corrected chi connectivity index (χ1v) is 16.9. The van der Waals surface area contributed by atoms with Crippen LogP contribution >= 0.6 is 23.6 Å². The smallest absolute Gasteiger partial charge is 0.225 e. The van der Waals surface area contributed by atoms with Gasteiger partial charge in [0.15, 0.2) is 5.75 Å². The van der Waals surface area contributed by atoms with E-state index in [1.807, 2.05) is 19.1 Å². The van der Waals surface area contributed by atoms with Crippen molar-refractivity contribution in [2.45, 2.75) is 63.2 Å². The number of aromatic nitrogens is 4. The molecule has 0 saturated carbocycles. The first-order valence-electron chi connectivity index (χ1n) is 15.8. The fourth-order valence-corrected chi connectivity index (χ4v) is 5.64. The number of anilines is 2. The number of nitrogens with two attached hydrogens (primary N) is 1. The summed E-state index contributed by atoms with van der Waals surface area (Å²) in [5, 5.41) is 0.573. The van der Waals surface area contributed by atoms with Crippen LogP contribution in [-0.4, -0.2) is 68.1 Å². The summed E-state index contributed by atoms with van der Waals surface area (Å²) in [5.74, 6) is 2.78. The molecular formula is C34H45ClFN7O2S. The minimum Gasteiger partial charge on any atom is -0.490 e. The lowest BCUT2D eigenvalue weighted by Crippen LogP contribution is -2.34. The highest BCUT2D eigenvalue weighted by molar-refractivity contribution is 7.95. The largest absolute Gasteiger partial charge is 0.490 e. The molecule has 3 aliphatic rings. The summed E-state index contributed by atoms with van der Waals surface area (Å²) in [6.07, 6.45) is 19.5. The molecule has 2 atom stereocenters. The summed E-state index contributed by atoms with van der Waals surface area (Å²) < 4.78 is 26.5. The number of hydrogen-bond donors (Lipinski definition) is 2. The van der Waals surface area contributed by atoms with Crippen LogP contribution in [0.4, 0.5) is 16.3 Å². The normalized spacial score (nSPS) is 21.1.